The van der Waals surface area contributed by atoms with Crippen molar-refractivity contribution in [2.75, 3.05) is 16.2 Å². The number of amides is 1. The molecule has 0 atom stereocenters. The molecule has 0 bridgehead atoms. The first-order chi connectivity index (χ1) is 12.8. The molecular formula is C21H20N2O3S. The molecule has 1 amide bonds. The lowest BCUT2D eigenvalue weighted by Crippen LogP contribution is -2.25. The topological polar surface area (TPSA) is 66.5 Å². The highest BCUT2D eigenvalue weighted by molar-refractivity contribution is 7.93. The van der Waals surface area contributed by atoms with Gasteiger partial charge in [-0.1, -0.05) is 24.3 Å². The van der Waals surface area contributed by atoms with Crippen molar-refractivity contribution in [3.05, 3.63) is 65.2 Å². The third-order valence-electron chi connectivity index (χ3n) is 4.99. The average molecular weight is 380 g/mol. The van der Waals surface area contributed by atoms with Crippen LogP contribution in [-0.4, -0.2) is 20.9 Å². The SMILES string of the molecule is CCN1C(=O)c2cccc3c(S(=O)(=O)Nc4cc(C)ccc4C)ccc1c23. The van der Waals surface area contributed by atoms with Gasteiger partial charge < -0.3 is 4.90 Å². The van der Waals surface area contributed by atoms with Crippen molar-refractivity contribution in [3.8, 4) is 0 Å². The summed E-state index contributed by atoms with van der Waals surface area (Å²) in [6.07, 6.45) is 0. The quantitative estimate of drug-likeness (QED) is 0.736. The molecule has 1 N–H and O–H groups in total. The lowest BCUT2D eigenvalue weighted by Gasteiger charge is -2.16. The molecule has 1 heterocycles. The number of hydrogen-bond acceptors (Lipinski definition) is 3. The Morgan fingerprint density at radius 3 is 2.56 bits per heavy atom. The van der Waals surface area contributed by atoms with E-state index in [0.717, 1.165) is 16.8 Å². The molecule has 1 aliphatic heterocycles. The van der Waals surface area contributed by atoms with Crippen LogP contribution < -0.4 is 9.62 Å². The summed E-state index contributed by atoms with van der Waals surface area (Å²) in [5.41, 5.74) is 3.70. The third kappa shape index (κ3) is 2.68. The molecule has 4 rings (SSSR count). The average Bonchev–Trinajstić information content (AvgIpc) is 2.91. The van der Waals surface area contributed by atoms with Gasteiger partial charge in [0, 0.05) is 22.9 Å². The van der Waals surface area contributed by atoms with Crippen LogP contribution in [0.4, 0.5) is 11.4 Å². The zero-order valence-corrected chi connectivity index (χ0v) is 16.2. The Hall–Kier alpha value is -2.86. The Morgan fingerprint density at radius 2 is 1.81 bits per heavy atom. The largest absolute Gasteiger partial charge is 0.308 e. The van der Waals surface area contributed by atoms with E-state index in [4.69, 9.17) is 0 Å². The van der Waals surface area contributed by atoms with E-state index in [1.807, 2.05) is 39.0 Å². The molecule has 138 valence electrons. The summed E-state index contributed by atoms with van der Waals surface area (Å²) in [4.78, 5) is 14.5. The number of benzene rings is 3. The van der Waals surface area contributed by atoms with E-state index in [1.54, 1.807) is 35.2 Å². The standard InChI is InChI=1S/C21H20N2O3S/c1-4-23-18-10-11-19(15-6-5-7-16(20(15)18)21(23)24)27(25,26)22-17-12-13(2)8-9-14(17)3/h5-12,22H,4H2,1-3H3. The van der Waals surface area contributed by atoms with Gasteiger partial charge in [0.05, 0.1) is 16.3 Å². The second-order valence-corrected chi connectivity index (χ2v) is 8.44. The Bertz CT molecular complexity index is 1200. The predicted octanol–water partition coefficient (Wildman–Crippen LogP) is 4.24. The van der Waals surface area contributed by atoms with Gasteiger partial charge in [0.15, 0.2) is 0 Å². The number of aryl methyl sites for hydroxylation is 2. The molecule has 0 saturated carbocycles. The molecule has 5 nitrogen and oxygen atoms in total. The van der Waals surface area contributed by atoms with Crippen molar-refractivity contribution < 1.29 is 13.2 Å². The molecule has 0 fully saturated rings. The molecular weight excluding hydrogens is 360 g/mol. The lowest BCUT2D eigenvalue weighted by molar-refractivity contribution is 0.0994. The van der Waals surface area contributed by atoms with Gasteiger partial charge in [0.2, 0.25) is 0 Å². The fraction of sp³-hybridized carbons (Fsp3) is 0.190. The fourth-order valence-electron chi connectivity index (χ4n) is 3.61. The highest BCUT2D eigenvalue weighted by Gasteiger charge is 2.31. The number of carbonyl (C=O) groups excluding carboxylic acids is 1. The molecule has 27 heavy (non-hydrogen) atoms. The predicted molar refractivity (Wildman–Crippen MR) is 108 cm³/mol. The summed E-state index contributed by atoms with van der Waals surface area (Å²) in [5.74, 6) is -0.0878. The maximum Gasteiger partial charge on any atom is 0.262 e. The first-order valence-corrected chi connectivity index (χ1v) is 10.3. The highest BCUT2D eigenvalue weighted by Crippen LogP contribution is 2.40. The van der Waals surface area contributed by atoms with E-state index in [-0.39, 0.29) is 10.8 Å². The van der Waals surface area contributed by atoms with Gasteiger partial charge in [-0.3, -0.25) is 9.52 Å². The van der Waals surface area contributed by atoms with E-state index in [2.05, 4.69) is 4.72 Å². The van der Waals surface area contributed by atoms with Crippen LogP contribution in [0.1, 0.15) is 28.4 Å². The summed E-state index contributed by atoms with van der Waals surface area (Å²) in [6.45, 7) is 6.22. The van der Waals surface area contributed by atoms with Gasteiger partial charge in [-0.05, 0) is 56.2 Å². The Labute approximate surface area is 158 Å². The van der Waals surface area contributed by atoms with E-state index in [9.17, 15) is 13.2 Å². The van der Waals surface area contributed by atoms with Crippen molar-refractivity contribution in [2.24, 2.45) is 0 Å². The van der Waals surface area contributed by atoms with Crippen LogP contribution in [-0.2, 0) is 10.0 Å². The molecule has 0 aliphatic carbocycles. The molecule has 0 aromatic heterocycles. The minimum Gasteiger partial charge on any atom is -0.308 e. The van der Waals surface area contributed by atoms with Crippen LogP contribution in [0.15, 0.2) is 53.4 Å². The second kappa shape index (κ2) is 6.09. The number of anilines is 2. The Balaban J connectivity index is 1.89. The van der Waals surface area contributed by atoms with Gasteiger partial charge >= 0.3 is 0 Å². The zero-order chi connectivity index (χ0) is 19.3. The third-order valence-corrected chi connectivity index (χ3v) is 6.41. The van der Waals surface area contributed by atoms with E-state index in [0.29, 0.717) is 28.6 Å². The summed E-state index contributed by atoms with van der Waals surface area (Å²) in [6, 6.07) is 14.2. The molecule has 3 aromatic carbocycles. The summed E-state index contributed by atoms with van der Waals surface area (Å²) < 4.78 is 29.0. The van der Waals surface area contributed by atoms with Crippen molar-refractivity contribution in [2.45, 2.75) is 25.7 Å². The minimum absolute atomic E-state index is 0.0878. The summed E-state index contributed by atoms with van der Waals surface area (Å²) in [5, 5.41) is 1.26. The smallest absolute Gasteiger partial charge is 0.262 e. The van der Waals surface area contributed by atoms with Crippen LogP contribution >= 0.6 is 0 Å². The van der Waals surface area contributed by atoms with Gasteiger partial charge in [-0.2, -0.15) is 0 Å². The van der Waals surface area contributed by atoms with Gasteiger partial charge in [-0.25, -0.2) is 8.42 Å². The number of nitrogens with one attached hydrogen (secondary N) is 1. The van der Waals surface area contributed by atoms with Crippen LogP contribution in [0.5, 0.6) is 0 Å². The first kappa shape index (κ1) is 17.5. The lowest BCUT2D eigenvalue weighted by atomic mass is 10.1. The summed E-state index contributed by atoms with van der Waals surface area (Å²) in [7, 11) is -3.81. The molecule has 0 radical (unpaired) electrons. The van der Waals surface area contributed by atoms with Gasteiger partial charge in [0.25, 0.3) is 15.9 Å². The maximum absolute atomic E-state index is 13.1. The number of rotatable bonds is 4. The molecule has 3 aromatic rings. The molecule has 6 heteroatoms. The maximum atomic E-state index is 13.1. The van der Waals surface area contributed by atoms with E-state index < -0.39 is 10.0 Å². The summed E-state index contributed by atoms with van der Waals surface area (Å²) >= 11 is 0. The molecule has 1 aliphatic rings. The molecule has 0 unspecified atom stereocenters. The van der Waals surface area contributed by atoms with Crippen molar-refractivity contribution in [3.63, 3.8) is 0 Å². The number of sulfonamides is 1. The Morgan fingerprint density at radius 1 is 1.04 bits per heavy atom. The number of carbonyl (C=O) groups is 1. The van der Waals surface area contributed by atoms with E-state index in [1.165, 1.54) is 0 Å². The number of nitrogens with zero attached hydrogens (tertiary/aromatic N) is 1. The highest BCUT2D eigenvalue weighted by atomic mass is 32.2. The molecule has 0 spiro atoms. The number of hydrogen-bond donors (Lipinski definition) is 1. The van der Waals surface area contributed by atoms with Crippen LogP contribution in [0.25, 0.3) is 10.8 Å². The van der Waals surface area contributed by atoms with Crippen molar-refractivity contribution >= 4 is 38.1 Å². The zero-order valence-electron chi connectivity index (χ0n) is 15.4. The van der Waals surface area contributed by atoms with Crippen LogP contribution in [0.3, 0.4) is 0 Å². The normalized spacial score (nSPS) is 13.4. The fourth-order valence-corrected chi connectivity index (χ4v) is 4.94. The minimum atomic E-state index is -3.81. The Kier molecular flexibility index (Phi) is 3.96. The van der Waals surface area contributed by atoms with Crippen LogP contribution in [0.2, 0.25) is 0 Å². The van der Waals surface area contributed by atoms with Crippen molar-refractivity contribution in [1.82, 2.24) is 0 Å². The monoisotopic (exact) mass is 380 g/mol. The van der Waals surface area contributed by atoms with Gasteiger partial charge in [0.1, 0.15) is 0 Å². The van der Waals surface area contributed by atoms with E-state index >= 15 is 0 Å². The van der Waals surface area contributed by atoms with Gasteiger partial charge in [-0.15, -0.1) is 0 Å². The molecule has 0 saturated heterocycles. The second-order valence-electron chi connectivity index (χ2n) is 6.78. The van der Waals surface area contributed by atoms with Crippen molar-refractivity contribution in [1.29, 1.82) is 0 Å². The van der Waals surface area contributed by atoms with Crippen LogP contribution in [0, 0.1) is 13.8 Å². The first-order valence-electron chi connectivity index (χ1n) is 8.81.